The quantitative estimate of drug-likeness (QED) is 0.850. The molecular formula is C11H9ClN4O5. The lowest BCUT2D eigenvalue weighted by Crippen LogP contribution is -2.01. The molecule has 0 aliphatic carbocycles. The van der Waals surface area contributed by atoms with E-state index >= 15 is 0 Å². The van der Waals surface area contributed by atoms with Crippen molar-refractivity contribution < 1.29 is 24.5 Å². The van der Waals surface area contributed by atoms with Crippen molar-refractivity contribution >= 4 is 23.5 Å². The molecule has 0 fully saturated rings. The van der Waals surface area contributed by atoms with Gasteiger partial charge in [0.1, 0.15) is 5.15 Å². The first-order valence-corrected chi connectivity index (χ1v) is 5.62. The molecule has 2 aromatic rings. The fourth-order valence-corrected chi connectivity index (χ4v) is 1.05. The molecule has 10 heteroatoms. The van der Waals surface area contributed by atoms with Crippen LogP contribution in [0.4, 0.5) is 0 Å². The predicted molar refractivity (Wildman–Crippen MR) is 69.5 cm³/mol. The summed E-state index contributed by atoms with van der Waals surface area (Å²) in [4.78, 5) is 34.6. The molecule has 2 aromatic heterocycles. The van der Waals surface area contributed by atoms with Crippen LogP contribution in [0.2, 0.25) is 5.15 Å². The molecule has 0 unspecified atom stereocenters. The van der Waals surface area contributed by atoms with Crippen LogP contribution in [0.3, 0.4) is 0 Å². The highest BCUT2D eigenvalue weighted by Gasteiger charge is 2.04. The van der Waals surface area contributed by atoms with Crippen molar-refractivity contribution in [2.45, 2.75) is 0 Å². The first kappa shape index (κ1) is 16.2. The van der Waals surface area contributed by atoms with Crippen LogP contribution in [0.25, 0.3) is 0 Å². The molecule has 0 atom stereocenters. The van der Waals surface area contributed by atoms with Gasteiger partial charge in [0.15, 0.2) is 11.4 Å². The number of carboxylic acid groups (broad SMARTS) is 2. The number of carboxylic acids is 2. The Bertz CT molecular complexity index is 618. The third-order valence-electron chi connectivity index (χ3n) is 1.90. The van der Waals surface area contributed by atoms with Crippen LogP contribution < -0.4 is 4.74 Å². The van der Waals surface area contributed by atoms with Gasteiger partial charge in [0, 0.05) is 0 Å². The summed E-state index contributed by atoms with van der Waals surface area (Å²) in [5.41, 5.74) is -0.199. The van der Waals surface area contributed by atoms with Gasteiger partial charge in [0.2, 0.25) is 5.88 Å². The van der Waals surface area contributed by atoms with E-state index in [9.17, 15) is 9.59 Å². The van der Waals surface area contributed by atoms with E-state index in [-0.39, 0.29) is 16.5 Å². The van der Waals surface area contributed by atoms with Gasteiger partial charge in [-0.3, -0.25) is 0 Å². The topological polar surface area (TPSA) is 135 Å². The Morgan fingerprint density at radius 1 is 0.952 bits per heavy atom. The van der Waals surface area contributed by atoms with Crippen molar-refractivity contribution in [1.82, 2.24) is 19.9 Å². The average molecular weight is 313 g/mol. The summed E-state index contributed by atoms with van der Waals surface area (Å²) in [5, 5.41) is 16.9. The molecule has 21 heavy (non-hydrogen) atoms. The van der Waals surface area contributed by atoms with E-state index in [4.69, 9.17) is 21.8 Å². The SMILES string of the molecule is COc1cnc(C(=O)O)cn1.O=C(O)c1cnc(Cl)cn1. The van der Waals surface area contributed by atoms with Gasteiger partial charge >= 0.3 is 11.9 Å². The monoisotopic (exact) mass is 312 g/mol. The largest absolute Gasteiger partial charge is 0.480 e. The Morgan fingerprint density at radius 3 is 1.81 bits per heavy atom. The van der Waals surface area contributed by atoms with E-state index in [1.165, 1.54) is 19.5 Å². The van der Waals surface area contributed by atoms with Gasteiger partial charge in [0.05, 0.1) is 31.9 Å². The van der Waals surface area contributed by atoms with E-state index in [0.29, 0.717) is 5.88 Å². The number of halogens is 1. The smallest absolute Gasteiger partial charge is 0.356 e. The number of hydrogen-bond donors (Lipinski definition) is 2. The second kappa shape index (κ2) is 7.70. The minimum absolute atomic E-state index is 0.0919. The number of carbonyl (C=O) groups is 2. The Morgan fingerprint density at radius 2 is 1.48 bits per heavy atom. The molecule has 0 saturated carbocycles. The summed E-state index contributed by atoms with van der Waals surface area (Å²) in [6.45, 7) is 0. The van der Waals surface area contributed by atoms with Crippen LogP contribution in [0.1, 0.15) is 21.0 Å². The molecule has 0 aromatic carbocycles. The molecule has 0 amide bonds. The molecule has 110 valence electrons. The zero-order valence-electron chi connectivity index (χ0n) is 10.6. The molecule has 0 saturated heterocycles. The van der Waals surface area contributed by atoms with Crippen molar-refractivity contribution in [2.75, 3.05) is 7.11 Å². The Labute approximate surface area is 123 Å². The van der Waals surface area contributed by atoms with Gasteiger partial charge in [-0.25, -0.2) is 29.5 Å². The Kier molecular flexibility index (Phi) is 5.96. The molecule has 0 bridgehead atoms. The highest BCUT2D eigenvalue weighted by molar-refractivity contribution is 6.29. The average Bonchev–Trinajstić information content (AvgIpc) is 2.48. The molecule has 0 spiro atoms. The third-order valence-corrected chi connectivity index (χ3v) is 2.09. The maximum absolute atomic E-state index is 10.3. The first-order valence-electron chi connectivity index (χ1n) is 5.24. The number of hydrogen-bond acceptors (Lipinski definition) is 7. The number of nitrogens with zero attached hydrogens (tertiary/aromatic N) is 4. The van der Waals surface area contributed by atoms with E-state index < -0.39 is 11.9 Å². The van der Waals surface area contributed by atoms with Crippen LogP contribution in [0.5, 0.6) is 5.88 Å². The molecule has 2 rings (SSSR count). The number of rotatable bonds is 3. The second-order valence-corrected chi connectivity index (χ2v) is 3.67. The van der Waals surface area contributed by atoms with Gasteiger partial charge in [0.25, 0.3) is 0 Å². The maximum Gasteiger partial charge on any atom is 0.356 e. The number of aromatic nitrogens is 4. The third kappa shape index (κ3) is 5.37. The molecule has 0 aliphatic rings. The maximum atomic E-state index is 10.3. The zero-order chi connectivity index (χ0) is 15.8. The summed E-state index contributed by atoms with van der Waals surface area (Å²) >= 11 is 5.35. The minimum atomic E-state index is -1.11. The highest BCUT2D eigenvalue weighted by Crippen LogP contribution is 2.02. The zero-order valence-corrected chi connectivity index (χ0v) is 11.4. The highest BCUT2D eigenvalue weighted by atomic mass is 35.5. The standard InChI is InChI=1S/C6H6N2O3.C5H3ClN2O2/c1-11-5-3-7-4(2-8-5)6(9)10;6-4-2-7-3(1-8-4)5(9)10/h2-3H,1H3,(H,9,10);1-2H,(H,9,10). The van der Waals surface area contributed by atoms with Crippen LogP contribution in [-0.2, 0) is 0 Å². The molecule has 2 heterocycles. The van der Waals surface area contributed by atoms with Gasteiger partial charge in [-0.15, -0.1) is 0 Å². The summed E-state index contributed by atoms with van der Waals surface area (Å²) in [7, 11) is 1.43. The van der Waals surface area contributed by atoms with Crippen LogP contribution in [0, 0.1) is 0 Å². The first-order chi connectivity index (χ1) is 9.93. The lowest BCUT2D eigenvalue weighted by Gasteiger charge is -1.96. The minimum Gasteiger partial charge on any atom is -0.480 e. The molecule has 2 N–H and O–H groups in total. The fourth-order valence-electron chi connectivity index (χ4n) is 0.955. The molecule has 0 radical (unpaired) electrons. The summed E-state index contributed by atoms with van der Waals surface area (Å²) < 4.78 is 4.68. The van der Waals surface area contributed by atoms with Crippen molar-refractivity contribution in [3.8, 4) is 5.88 Å². The lowest BCUT2D eigenvalue weighted by atomic mass is 10.5. The van der Waals surface area contributed by atoms with Crippen molar-refractivity contribution in [2.24, 2.45) is 0 Å². The van der Waals surface area contributed by atoms with Gasteiger partial charge in [-0.05, 0) is 0 Å². The van der Waals surface area contributed by atoms with E-state index in [1.54, 1.807) is 0 Å². The van der Waals surface area contributed by atoms with Gasteiger partial charge < -0.3 is 14.9 Å². The van der Waals surface area contributed by atoms with Crippen molar-refractivity contribution in [3.05, 3.63) is 41.3 Å². The lowest BCUT2D eigenvalue weighted by molar-refractivity contribution is 0.0679. The number of methoxy groups -OCH3 is 1. The van der Waals surface area contributed by atoms with Crippen molar-refractivity contribution in [1.29, 1.82) is 0 Å². The number of ether oxygens (including phenoxy) is 1. The van der Waals surface area contributed by atoms with Crippen molar-refractivity contribution in [3.63, 3.8) is 0 Å². The van der Waals surface area contributed by atoms with E-state index in [1.807, 2.05) is 0 Å². The van der Waals surface area contributed by atoms with Gasteiger partial charge in [-0.1, -0.05) is 11.6 Å². The summed E-state index contributed by atoms with van der Waals surface area (Å²) in [6, 6.07) is 0. The normalized spacial score (nSPS) is 9.24. The predicted octanol–water partition coefficient (Wildman–Crippen LogP) is 1.01. The molecular weight excluding hydrogens is 304 g/mol. The second-order valence-electron chi connectivity index (χ2n) is 3.28. The number of aromatic carboxylic acids is 2. The molecule has 9 nitrogen and oxygen atoms in total. The Balaban J connectivity index is 0.000000211. The van der Waals surface area contributed by atoms with Crippen LogP contribution in [-0.4, -0.2) is 49.2 Å². The molecule has 0 aliphatic heterocycles. The summed E-state index contributed by atoms with van der Waals surface area (Å²) in [5.74, 6) is -1.90. The van der Waals surface area contributed by atoms with E-state index in [2.05, 4.69) is 24.7 Å². The van der Waals surface area contributed by atoms with Crippen LogP contribution >= 0.6 is 11.6 Å². The van der Waals surface area contributed by atoms with Crippen LogP contribution in [0.15, 0.2) is 24.8 Å². The van der Waals surface area contributed by atoms with E-state index in [0.717, 1.165) is 12.4 Å². The fraction of sp³-hybridized carbons (Fsp3) is 0.0909. The Hall–Kier alpha value is -2.81. The summed E-state index contributed by atoms with van der Waals surface area (Å²) in [6.07, 6.45) is 4.68. The van der Waals surface area contributed by atoms with Gasteiger partial charge in [-0.2, -0.15) is 0 Å².